The molecule has 0 aromatic carbocycles. The standard InChI is InChI=1S/C46H67NO3/c1-14-20-42(48)44(50)37(7)39(15-2)29-27-35(5)25-18-23-33(3)21-16-17-22-34(4)24-19-26-36(6)28-30-40-38(8)43(49)41(31-46(40,12)13)47-32-45(9,10)11/h16-19,21-30,41-42,47-48H,14-15,20,31-32H2,1-13H3/b17-16+,23-18+,24-19+,29-27+,30-28+,33-21+,34-22+,35-25+,36-26+,39-37+. The van der Waals surface area contributed by atoms with Crippen molar-refractivity contribution >= 4 is 11.6 Å². The maximum Gasteiger partial charge on any atom is 0.187 e. The minimum Gasteiger partial charge on any atom is -0.385 e. The van der Waals surface area contributed by atoms with Gasteiger partial charge in [-0.2, -0.15) is 0 Å². The van der Waals surface area contributed by atoms with E-state index in [0.29, 0.717) is 12.0 Å². The van der Waals surface area contributed by atoms with Crippen molar-refractivity contribution in [1.82, 2.24) is 5.32 Å². The van der Waals surface area contributed by atoms with Gasteiger partial charge in [-0.05, 0) is 93.9 Å². The van der Waals surface area contributed by atoms with E-state index < -0.39 is 6.10 Å². The summed E-state index contributed by atoms with van der Waals surface area (Å²) in [6.45, 7) is 27.9. The predicted molar refractivity (Wildman–Crippen MR) is 217 cm³/mol. The third-order valence-electron chi connectivity index (χ3n) is 8.84. The second-order valence-corrected chi connectivity index (χ2v) is 15.6. The molecule has 2 unspecified atom stereocenters. The van der Waals surface area contributed by atoms with Crippen LogP contribution in [0.15, 0.2) is 130 Å². The highest BCUT2D eigenvalue weighted by atomic mass is 16.3. The summed E-state index contributed by atoms with van der Waals surface area (Å²) in [5.74, 6) is 0.0379. The van der Waals surface area contributed by atoms with Gasteiger partial charge in [-0.15, -0.1) is 0 Å². The molecule has 0 spiro atoms. The number of hydrogen-bond acceptors (Lipinski definition) is 4. The summed E-state index contributed by atoms with van der Waals surface area (Å²) < 4.78 is 0. The first-order valence-corrected chi connectivity index (χ1v) is 18.3. The van der Waals surface area contributed by atoms with Crippen LogP contribution in [0.3, 0.4) is 0 Å². The summed E-state index contributed by atoms with van der Waals surface area (Å²) in [7, 11) is 0. The van der Waals surface area contributed by atoms with Crippen LogP contribution in [0.5, 0.6) is 0 Å². The van der Waals surface area contributed by atoms with Crippen LogP contribution in [0.2, 0.25) is 0 Å². The highest BCUT2D eigenvalue weighted by Crippen LogP contribution is 2.40. The van der Waals surface area contributed by atoms with Gasteiger partial charge in [-0.1, -0.05) is 162 Å². The lowest BCUT2D eigenvalue weighted by atomic mass is 9.70. The molecular formula is C46H67NO3. The third kappa shape index (κ3) is 16.4. The van der Waals surface area contributed by atoms with E-state index in [1.807, 2.05) is 64.2 Å². The molecule has 1 aliphatic rings. The van der Waals surface area contributed by atoms with E-state index in [-0.39, 0.29) is 28.4 Å². The Bertz CT molecular complexity index is 1520. The fourth-order valence-electron chi connectivity index (χ4n) is 5.67. The minimum atomic E-state index is -0.915. The Morgan fingerprint density at radius 2 is 1.34 bits per heavy atom. The molecule has 0 fully saturated rings. The molecule has 4 heteroatoms. The first-order chi connectivity index (χ1) is 23.3. The van der Waals surface area contributed by atoms with Crippen molar-refractivity contribution in [3.63, 3.8) is 0 Å². The van der Waals surface area contributed by atoms with Crippen molar-refractivity contribution in [2.45, 2.75) is 128 Å². The molecule has 0 aliphatic heterocycles. The van der Waals surface area contributed by atoms with Crippen molar-refractivity contribution in [1.29, 1.82) is 0 Å². The zero-order valence-electron chi connectivity index (χ0n) is 33.5. The van der Waals surface area contributed by atoms with Gasteiger partial charge in [0.2, 0.25) is 0 Å². The third-order valence-corrected chi connectivity index (χ3v) is 8.84. The van der Waals surface area contributed by atoms with E-state index in [1.165, 1.54) is 0 Å². The normalized spacial score (nSPS) is 20.0. The van der Waals surface area contributed by atoms with Crippen molar-refractivity contribution in [3.05, 3.63) is 130 Å². The Balaban J connectivity index is 2.80. The summed E-state index contributed by atoms with van der Waals surface area (Å²) in [6.07, 6.45) is 30.7. The van der Waals surface area contributed by atoms with Crippen molar-refractivity contribution in [2.24, 2.45) is 10.8 Å². The van der Waals surface area contributed by atoms with Crippen LogP contribution >= 0.6 is 0 Å². The highest BCUT2D eigenvalue weighted by Gasteiger charge is 2.37. The number of nitrogens with one attached hydrogen (secondary N) is 1. The molecule has 0 bridgehead atoms. The lowest BCUT2D eigenvalue weighted by Gasteiger charge is -2.38. The first-order valence-electron chi connectivity index (χ1n) is 18.3. The Kier molecular flexibility index (Phi) is 19.2. The second-order valence-electron chi connectivity index (χ2n) is 15.6. The molecule has 0 saturated carbocycles. The number of ketones is 2. The topological polar surface area (TPSA) is 66.4 Å². The molecule has 0 heterocycles. The number of rotatable bonds is 17. The fourth-order valence-corrected chi connectivity index (χ4v) is 5.67. The molecule has 2 atom stereocenters. The van der Waals surface area contributed by atoms with Crippen molar-refractivity contribution in [2.75, 3.05) is 6.54 Å². The summed E-state index contributed by atoms with van der Waals surface area (Å²) in [5, 5.41) is 13.6. The van der Waals surface area contributed by atoms with Gasteiger partial charge in [-0.3, -0.25) is 9.59 Å². The van der Waals surface area contributed by atoms with E-state index in [1.54, 1.807) is 6.92 Å². The zero-order valence-corrected chi connectivity index (χ0v) is 33.5. The zero-order chi connectivity index (χ0) is 38.1. The van der Waals surface area contributed by atoms with Gasteiger partial charge in [0.15, 0.2) is 11.6 Å². The average molecular weight is 682 g/mol. The maximum atomic E-state index is 13.1. The number of carbonyl (C=O) groups excluding carboxylic acids is 2. The van der Waals surface area contributed by atoms with E-state index in [4.69, 9.17) is 0 Å². The van der Waals surface area contributed by atoms with Crippen LogP contribution in [0.4, 0.5) is 0 Å². The number of aliphatic hydroxyl groups is 1. The summed E-state index contributed by atoms with van der Waals surface area (Å²) >= 11 is 0. The maximum absolute atomic E-state index is 13.1. The predicted octanol–water partition coefficient (Wildman–Crippen LogP) is 11.3. The Hall–Kier alpha value is -3.60. The average Bonchev–Trinajstić information content (AvgIpc) is 3.03. The van der Waals surface area contributed by atoms with E-state index in [2.05, 4.69) is 109 Å². The van der Waals surface area contributed by atoms with E-state index in [0.717, 1.165) is 64.8 Å². The largest absolute Gasteiger partial charge is 0.385 e. The van der Waals surface area contributed by atoms with Gasteiger partial charge in [0.05, 0.1) is 6.04 Å². The fraction of sp³-hybridized carbons (Fsp3) is 0.478. The monoisotopic (exact) mass is 682 g/mol. The smallest absolute Gasteiger partial charge is 0.187 e. The van der Waals surface area contributed by atoms with Gasteiger partial charge < -0.3 is 10.4 Å². The van der Waals surface area contributed by atoms with Gasteiger partial charge in [-0.25, -0.2) is 0 Å². The molecule has 2 N–H and O–H groups in total. The van der Waals surface area contributed by atoms with Crippen LogP contribution in [0, 0.1) is 10.8 Å². The van der Waals surface area contributed by atoms with Crippen LogP contribution in [-0.2, 0) is 9.59 Å². The van der Waals surface area contributed by atoms with Crippen molar-refractivity contribution in [3.8, 4) is 0 Å². The summed E-state index contributed by atoms with van der Waals surface area (Å²) in [6, 6.07) is -0.125. The molecule has 0 aromatic rings. The second kappa shape index (κ2) is 21.6. The highest BCUT2D eigenvalue weighted by molar-refractivity contribution is 6.01. The van der Waals surface area contributed by atoms with Gasteiger partial charge in [0.25, 0.3) is 0 Å². The minimum absolute atomic E-state index is 0.0828. The Morgan fingerprint density at radius 1 is 0.840 bits per heavy atom. The first kappa shape index (κ1) is 44.4. The molecule has 0 amide bonds. The molecule has 1 rings (SSSR count). The molecule has 0 radical (unpaired) electrons. The quantitative estimate of drug-likeness (QED) is 0.118. The molecule has 274 valence electrons. The lowest BCUT2D eigenvalue weighted by Crippen LogP contribution is -2.47. The number of allylic oxidation sites excluding steroid dienone is 20. The van der Waals surface area contributed by atoms with Crippen LogP contribution in [0.1, 0.15) is 116 Å². The number of aliphatic hydroxyl groups excluding tert-OH is 1. The molecule has 4 nitrogen and oxygen atoms in total. The van der Waals surface area contributed by atoms with Crippen LogP contribution < -0.4 is 5.32 Å². The molecule has 0 aromatic heterocycles. The Morgan fingerprint density at radius 3 is 1.84 bits per heavy atom. The molecule has 0 saturated heterocycles. The molecular weight excluding hydrogens is 615 g/mol. The lowest BCUT2D eigenvalue weighted by molar-refractivity contribution is -0.123. The van der Waals surface area contributed by atoms with Gasteiger partial charge in [0.1, 0.15) is 6.10 Å². The summed E-state index contributed by atoms with van der Waals surface area (Å²) in [5.41, 5.74) is 8.11. The SMILES string of the molecule is CCCC(O)C(=O)/C(C)=C(/C=C/C(C)=C/C=C/C(C)=C/C=C/C=C(C)/C=C/C=C(C)/C=C/C1=C(C)C(=O)C(NCC(C)(C)C)CC1(C)C)CC. The van der Waals surface area contributed by atoms with Crippen LogP contribution in [0.25, 0.3) is 0 Å². The number of Topliss-reactive ketones (excluding diaryl/α,β-unsaturated/α-hetero) is 2. The molecule has 50 heavy (non-hydrogen) atoms. The van der Waals surface area contributed by atoms with E-state index in [9.17, 15) is 14.7 Å². The Labute approximate surface area is 305 Å². The van der Waals surface area contributed by atoms with Gasteiger partial charge >= 0.3 is 0 Å². The van der Waals surface area contributed by atoms with Crippen molar-refractivity contribution < 1.29 is 14.7 Å². The molecule has 1 aliphatic carbocycles. The number of carbonyl (C=O) groups is 2. The summed E-state index contributed by atoms with van der Waals surface area (Å²) in [4.78, 5) is 25.6. The number of hydrogen-bond donors (Lipinski definition) is 2. The van der Waals surface area contributed by atoms with Gasteiger partial charge in [0, 0.05) is 6.54 Å². The van der Waals surface area contributed by atoms with E-state index >= 15 is 0 Å². The van der Waals surface area contributed by atoms with Crippen LogP contribution in [-0.4, -0.2) is 35.4 Å².